The molecule has 0 unspecified atom stereocenters. The van der Waals surface area contributed by atoms with Gasteiger partial charge in [0, 0.05) is 11.4 Å². The van der Waals surface area contributed by atoms with Gasteiger partial charge in [-0.3, -0.25) is 4.90 Å². The SMILES string of the molecule is Brc1cccc(N(c2ccccc2)c2ccccc2)n1. The van der Waals surface area contributed by atoms with E-state index in [2.05, 4.69) is 50.1 Å². The summed E-state index contributed by atoms with van der Waals surface area (Å²) in [6.07, 6.45) is 0. The van der Waals surface area contributed by atoms with Gasteiger partial charge in [-0.25, -0.2) is 4.98 Å². The Morgan fingerprint density at radius 2 is 1.20 bits per heavy atom. The van der Waals surface area contributed by atoms with Crippen LogP contribution in [0.1, 0.15) is 0 Å². The van der Waals surface area contributed by atoms with Crippen LogP contribution >= 0.6 is 15.9 Å². The molecule has 0 radical (unpaired) electrons. The van der Waals surface area contributed by atoms with Gasteiger partial charge in [0.15, 0.2) is 0 Å². The van der Waals surface area contributed by atoms with Crippen LogP contribution in [0.3, 0.4) is 0 Å². The Morgan fingerprint density at radius 3 is 1.70 bits per heavy atom. The van der Waals surface area contributed by atoms with Crippen molar-refractivity contribution in [2.24, 2.45) is 0 Å². The molecule has 1 heterocycles. The summed E-state index contributed by atoms with van der Waals surface area (Å²) in [5.74, 6) is 0.886. The number of rotatable bonds is 3. The third-order valence-corrected chi connectivity index (χ3v) is 3.40. The van der Waals surface area contributed by atoms with Crippen molar-refractivity contribution in [3.63, 3.8) is 0 Å². The fourth-order valence-electron chi connectivity index (χ4n) is 2.09. The summed E-state index contributed by atoms with van der Waals surface area (Å²) in [7, 11) is 0. The van der Waals surface area contributed by atoms with Gasteiger partial charge in [0.2, 0.25) is 0 Å². The molecule has 0 aliphatic heterocycles. The fourth-order valence-corrected chi connectivity index (χ4v) is 2.42. The van der Waals surface area contributed by atoms with Gasteiger partial charge in [-0.15, -0.1) is 0 Å². The van der Waals surface area contributed by atoms with Crippen LogP contribution in [0.15, 0.2) is 83.5 Å². The maximum Gasteiger partial charge on any atom is 0.138 e. The molecule has 0 aliphatic carbocycles. The Morgan fingerprint density at radius 1 is 0.650 bits per heavy atom. The second kappa shape index (κ2) is 5.88. The highest BCUT2D eigenvalue weighted by Gasteiger charge is 2.12. The van der Waals surface area contributed by atoms with Crippen molar-refractivity contribution in [1.29, 1.82) is 0 Å². The van der Waals surface area contributed by atoms with E-state index in [1.54, 1.807) is 0 Å². The molecule has 0 atom stereocenters. The van der Waals surface area contributed by atoms with Crippen LogP contribution in [-0.4, -0.2) is 4.98 Å². The molecule has 0 saturated heterocycles. The van der Waals surface area contributed by atoms with E-state index < -0.39 is 0 Å². The van der Waals surface area contributed by atoms with Crippen LogP contribution < -0.4 is 4.90 Å². The number of benzene rings is 2. The maximum atomic E-state index is 4.57. The molecule has 0 bridgehead atoms. The lowest BCUT2D eigenvalue weighted by atomic mass is 10.2. The number of anilines is 3. The number of para-hydroxylation sites is 2. The van der Waals surface area contributed by atoms with Gasteiger partial charge < -0.3 is 0 Å². The van der Waals surface area contributed by atoms with Gasteiger partial charge in [-0.1, -0.05) is 42.5 Å². The minimum absolute atomic E-state index is 0.826. The van der Waals surface area contributed by atoms with Crippen LogP contribution in [-0.2, 0) is 0 Å². The molecule has 3 heteroatoms. The number of nitrogens with zero attached hydrogens (tertiary/aromatic N) is 2. The van der Waals surface area contributed by atoms with Crippen molar-refractivity contribution < 1.29 is 0 Å². The number of aromatic nitrogens is 1. The molecule has 3 rings (SSSR count). The van der Waals surface area contributed by atoms with Crippen LogP contribution in [0.25, 0.3) is 0 Å². The zero-order valence-corrected chi connectivity index (χ0v) is 12.4. The van der Waals surface area contributed by atoms with Crippen LogP contribution in [0.2, 0.25) is 0 Å². The number of hydrogen-bond donors (Lipinski definition) is 0. The van der Waals surface area contributed by atoms with Crippen molar-refractivity contribution >= 4 is 33.1 Å². The van der Waals surface area contributed by atoms with Gasteiger partial charge in [0.1, 0.15) is 10.4 Å². The lowest BCUT2D eigenvalue weighted by Crippen LogP contribution is -2.11. The molecule has 0 aliphatic rings. The predicted octanol–water partition coefficient (Wildman–Crippen LogP) is 5.31. The van der Waals surface area contributed by atoms with Crippen LogP contribution in [0.4, 0.5) is 17.2 Å². The fraction of sp³-hybridized carbons (Fsp3) is 0. The van der Waals surface area contributed by atoms with Crippen LogP contribution in [0.5, 0.6) is 0 Å². The Kier molecular flexibility index (Phi) is 3.79. The molecule has 0 spiro atoms. The van der Waals surface area contributed by atoms with Crippen molar-refractivity contribution in [2.75, 3.05) is 4.90 Å². The van der Waals surface area contributed by atoms with E-state index in [-0.39, 0.29) is 0 Å². The van der Waals surface area contributed by atoms with E-state index in [1.807, 2.05) is 54.6 Å². The molecule has 2 nitrogen and oxygen atoms in total. The lowest BCUT2D eigenvalue weighted by Gasteiger charge is -2.24. The third kappa shape index (κ3) is 2.73. The van der Waals surface area contributed by atoms with Crippen molar-refractivity contribution in [3.8, 4) is 0 Å². The maximum absolute atomic E-state index is 4.57. The smallest absolute Gasteiger partial charge is 0.138 e. The summed E-state index contributed by atoms with van der Waals surface area (Å²) < 4.78 is 0.826. The van der Waals surface area contributed by atoms with Gasteiger partial charge in [-0.05, 0) is 52.3 Å². The highest BCUT2D eigenvalue weighted by Crippen LogP contribution is 2.33. The van der Waals surface area contributed by atoms with E-state index in [4.69, 9.17) is 0 Å². The molecule has 0 fully saturated rings. The summed E-state index contributed by atoms with van der Waals surface area (Å²) >= 11 is 3.44. The van der Waals surface area contributed by atoms with Gasteiger partial charge in [-0.2, -0.15) is 0 Å². The second-order valence-electron chi connectivity index (χ2n) is 4.33. The zero-order valence-electron chi connectivity index (χ0n) is 10.8. The Hall–Kier alpha value is -2.13. The largest absolute Gasteiger partial charge is 0.295 e. The average Bonchev–Trinajstić information content (AvgIpc) is 2.50. The van der Waals surface area contributed by atoms with E-state index in [9.17, 15) is 0 Å². The van der Waals surface area contributed by atoms with Gasteiger partial charge in [0.25, 0.3) is 0 Å². The topological polar surface area (TPSA) is 16.1 Å². The Balaban J connectivity index is 2.14. The third-order valence-electron chi connectivity index (χ3n) is 2.96. The lowest BCUT2D eigenvalue weighted by molar-refractivity contribution is 1.16. The Bertz CT molecular complexity index is 644. The first-order chi connectivity index (χ1) is 9.84. The zero-order chi connectivity index (χ0) is 13.8. The standard InChI is InChI=1S/C17H13BrN2/c18-16-12-7-13-17(19-16)20(14-8-3-1-4-9-14)15-10-5-2-6-11-15/h1-13H. The molecule has 0 amide bonds. The summed E-state index contributed by atoms with van der Waals surface area (Å²) in [5.41, 5.74) is 2.17. The van der Waals surface area contributed by atoms with Gasteiger partial charge >= 0.3 is 0 Å². The first-order valence-corrected chi connectivity index (χ1v) is 7.17. The summed E-state index contributed by atoms with van der Waals surface area (Å²) in [6.45, 7) is 0. The normalized spacial score (nSPS) is 10.2. The highest BCUT2D eigenvalue weighted by molar-refractivity contribution is 9.10. The van der Waals surface area contributed by atoms with Crippen molar-refractivity contribution in [2.45, 2.75) is 0 Å². The average molecular weight is 325 g/mol. The molecular formula is C17H13BrN2. The highest BCUT2D eigenvalue weighted by atomic mass is 79.9. The molecule has 2 aromatic carbocycles. The summed E-state index contributed by atoms with van der Waals surface area (Å²) in [4.78, 5) is 6.70. The summed E-state index contributed by atoms with van der Waals surface area (Å²) in [5, 5.41) is 0. The predicted molar refractivity (Wildman–Crippen MR) is 86.6 cm³/mol. The number of hydrogen-bond acceptors (Lipinski definition) is 2. The quantitative estimate of drug-likeness (QED) is 0.606. The number of halogens is 1. The first kappa shape index (κ1) is 12.9. The summed E-state index contributed by atoms with van der Waals surface area (Å²) in [6, 6.07) is 26.4. The van der Waals surface area contributed by atoms with E-state index in [0.717, 1.165) is 21.8 Å². The van der Waals surface area contributed by atoms with Crippen molar-refractivity contribution in [3.05, 3.63) is 83.5 Å². The molecule has 1 aromatic heterocycles. The van der Waals surface area contributed by atoms with E-state index in [1.165, 1.54) is 0 Å². The molecule has 98 valence electrons. The minimum atomic E-state index is 0.826. The molecule has 3 aromatic rings. The number of pyridine rings is 1. The molecule has 0 saturated carbocycles. The molecule has 20 heavy (non-hydrogen) atoms. The van der Waals surface area contributed by atoms with E-state index >= 15 is 0 Å². The van der Waals surface area contributed by atoms with Crippen LogP contribution in [0, 0.1) is 0 Å². The van der Waals surface area contributed by atoms with Crippen molar-refractivity contribution in [1.82, 2.24) is 4.98 Å². The minimum Gasteiger partial charge on any atom is -0.295 e. The molecular weight excluding hydrogens is 312 g/mol. The van der Waals surface area contributed by atoms with E-state index in [0.29, 0.717) is 0 Å². The molecule has 0 N–H and O–H groups in total. The monoisotopic (exact) mass is 324 g/mol. The van der Waals surface area contributed by atoms with Gasteiger partial charge in [0.05, 0.1) is 0 Å². The second-order valence-corrected chi connectivity index (χ2v) is 5.14. The Labute approximate surface area is 126 Å². The first-order valence-electron chi connectivity index (χ1n) is 6.37.